The van der Waals surface area contributed by atoms with E-state index in [2.05, 4.69) is 0 Å². The van der Waals surface area contributed by atoms with Gasteiger partial charge in [-0.2, -0.15) is 13.2 Å². The topological polar surface area (TPSA) is 43.1 Å². The molecule has 0 radical (unpaired) electrons. The first-order valence-corrected chi connectivity index (χ1v) is 4.08. The van der Waals surface area contributed by atoms with Gasteiger partial charge in [0.25, 0.3) is 5.69 Å². The number of nitro benzene ring substituents is 1. The maximum Gasteiger partial charge on any atom is 1.00 e. The summed E-state index contributed by atoms with van der Waals surface area (Å²) in [7, 11) is 0. The Bertz CT molecular complexity index is 428. The van der Waals surface area contributed by atoms with E-state index in [0.29, 0.717) is 0 Å². The molecule has 1 aromatic carbocycles. The molecule has 0 N–H and O–H groups in total. The minimum Gasteiger partial charge on any atom is -0.445 e. The van der Waals surface area contributed by atoms with E-state index in [4.69, 9.17) is 0 Å². The standard InChI is InChI=1S/C7H3BF6NO2.K/c9-7(10,11)4-1-5(8(12,13)14)3-6(2-4)15(16)17;/h1-3H;/q-1;+1. The molecule has 94 valence electrons. The maximum atomic E-state index is 12.3. The Labute approximate surface area is 139 Å². The third kappa shape index (κ3) is 4.54. The summed E-state index contributed by atoms with van der Waals surface area (Å²) in [6.07, 6.45) is -5.07. The third-order valence-electron chi connectivity index (χ3n) is 1.86. The van der Waals surface area contributed by atoms with Crippen molar-refractivity contribution in [1.82, 2.24) is 0 Å². The van der Waals surface area contributed by atoms with Crippen LogP contribution in [0.3, 0.4) is 0 Å². The second-order valence-corrected chi connectivity index (χ2v) is 3.14. The van der Waals surface area contributed by atoms with Gasteiger partial charge in [0.2, 0.25) is 0 Å². The summed E-state index contributed by atoms with van der Waals surface area (Å²) in [5, 5.41) is 10.2. The minimum absolute atomic E-state index is 0. The molecule has 0 unspecified atom stereocenters. The zero-order valence-electron chi connectivity index (χ0n) is 8.84. The largest absolute Gasteiger partial charge is 1.00 e. The summed E-state index contributed by atoms with van der Waals surface area (Å²) in [6.45, 7) is -5.73. The predicted molar refractivity (Wildman–Crippen MR) is 46.8 cm³/mol. The molecule has 0 amide bonds. The van der Waals surface area contributed by atoms with E-state index in [0.717, 1.165) is 0 Å². The van der Waals surface area contributed by atoms with Gasteiger partial charge >= 0.3 is 64.5 Å². The molecule has 0 aliphatic carbocycles. The maximum absolute atomic E-state index is 12.3. The van der Waals surface area contributed by atoms with Crippen LogP contribution in [0.15, 0.2) is 18.2 Å². The average molecular weight is 297 g/mol. The van der Waals surface area contributed by atoms with Gasteiger partial charge in [0, 0.05) is 6.07 Å². The Morgan fingerprint density at radius 2 is 1.61 bits per heavy atom. The number of halogens is 6. The van der Waals surface area contributed by atoms with Crippen LogP contribution in [0.1, 0.15) is 5.56 Å². The second-order valence-electron chi connectivity index (χ2n) is 3.14. The van der Waals surface area contributed by atoms with E-state index in [9.17, 15) is 36.2 Å². The molecule has 3 nitrogen and oxygen atoms in total. The van der Waals surface area contributed by atoms with Gasteiger partial charge in [-0.15, -0.1) is 5.46 Å². The van der Waals surface area contributed by atoms with Crippen molar-refractivity contribution in [2.24, 2.45) is 0 Å². The number of alkyl halides is 3. The molecule has 0 saturated carbocycles. The summed E-state index contributed by atoms with van der Waals surface area (Å²) in [5.41, 5.74) is -4.58. The van der Waals surface area contributed by atoms with E-state index < -0.39 is 34.8 Å². The van der Waals surface area contributed by atoms with Crippen molar-refractivity contribution in [1.29, 1.82) is 0 Å². The third-order valence-corrected chi connectivity index (χ3v) is 1.86. The molecule has 0 fully saturated rings. The molecule has 1 rings (SSSR count). The van der Waals surface area contributed by atoms with Gasteiger partial charge < -0.3 is 12.9 Å². The molecule has 0 saturated heterocycles. The molecule has 18 heavy (non-hydrogen) atoms. The Morgan fingerprint density at radius 1 is 1.11 bits per heavy atom. The van der Waals surface area contributed by atoms with Gasteiger partial charge in [-0.1, -0.05) is 6.07 Å². The van der Waals surface area contributed by atoms with Gasteiger partial charge in [0.15, 0.2) is 0 Å². The monoisotopic (exact) mass is 297 g/mol. The average Bonchev–Trinajstić information content (AvgIpc) is 2.14. The molecule has 0 heterocycles. The quantitative estimate of drug-likeness (QED) is 0.325. The van der Waals surface area contributed by atoms with Gasteiger partial charge in [0.05, 0.1) is 10.5 Å². The molecule has 0 spiro atoms. The van der Waals surface area contributed by atoms with E-state index in [1.807, 2.05) is 0 Å². The fraction of sp³-hybridized carbons (Fsp3) is 0.143. The number of non-ortho nitro benzene ring substituents is 1. The van der Waals surface area contributed by atoms with Crippen LogP contribution in [0.5, 0.6) is 0 Å². The number of nitro groups is 1. The molecular formula is C7H3BF6KNO2. The fourth-order valence-electron chi connectivity index (χ4n) is 1.09. The van der Waals surface area contributed by atoms with Crippen molar-refractivity contribution >= 4 is 18.1 Å². The fourth-order valence-corrected chi connectivity index (χ4v) is 1.09. The van der Waals surface area contributed by atoms with Gasteiger partial charge in [-0.3, -0.25) is 10.1 Å². The van der Waals surface area contributed by atoms with E-state index in [1.165, 1.54) is 0 Å². The van der Waals surface area contributed by atoms with Crippen LogP contribution in [0.2, 0.25) is 0 Å². The molecule has 11 heteroatoms. The summed E-state index contributed by atoms with van der Waals surface area (Å²) in [4.78, 5) is 8.93. The number of rotatable bonds is 2. The number of benzene rings is 1. The summed E-state index contributed by atoms with van der Waals surface area (Å²) in [5.74, 6) is 0. The van der Waals surface area contributed by atoms with E-state index in [-0.39, 0.29) is 69.6 Å². The molecular weight excluding hydrogens is 294 g/mol. The normalized spacial score (nSPS) is 11.9. The Morgan fingerprint density at radius 3 is 1.94 bits per heavy atom. The summed E-state index contributed by atoms with van der Waals surface area (Å²) < 4.78 is 73.5. The molecule has 0 bridgehead atoms. The number of hydrogen-bond donors (Lipinski definition) is 0. The van der Waals surface area contributed by atoms with Crippen LogP contribution in [0, 0.1) is 10.1 Å². The smallest absolute Gasteiger partial charge is 0.445 e. The Kier molecular flexibility index (Phi) is 5.87. The van der Waals surface area contributed by atoms with Crippen molar-refractivity contribution in [2.75, 3.05) is 0 Å². The van der Waals surface area contributed by atoms with Crippen LogP contribution < -0.4 is 56.8 Å². The van der Waals surface area contributed by atoms with E-state index in [1.54, 1.807) is 0 Å². The molecule has 0 aliphatic heterocycles. The van der Waals surface area contributed by atoms with Gasteiger partial charge in [-0.25, -0.2) is 0 Å². The zero-order chi connectivity index (χ0) is 13.4. The summed E-state index contributed by atoms with van der Waals surface area (Å²) >= 11 is 0. The van der Waals surface area contributed by atoms with Crippen molar-refractivity contribution in [3.05, 3.63) is 33.9 Å². The number of hydrogen-bond acceptors (Lipinski definition) is 2. The van der Waals surface area contributed by atoms with E-state index >= 15 is 0 Å². The zero-order valence-corrected chi connectivity index (χ0v) is 12.0. The van der Waals surface area contributed by atoms with Crippen LogP contribution in [0.25, 0.3) is 0 Å². The molecule has 1 aromatic rings. The van der Waals surface area contributed by atoms with Crippen molar-refractivity contribution in [2.45, 2.75) is 6.18 Å². The first kappa shape index (κ1) is 17.9. The predicted octanol–water partition coefficient (Wildman–Crippen LogP) is -0.328. The molecule has 0 aromatic heterocycles. The Balaban J connectivity index is 0.00000289. The second kappa shape index (κ2) is 5.91. The minimum atomic E-state index is -5.73. The van der Waals surface area contributed by atoms with Crippen LogP contribution >= 0.6 is 0 Å². The van der Waals surface area contributed by atoms with Crippen molar-refractivity contribution in [3.8, 4) is 0 Å². The van der Waals surface area contributed by atoms with Crippen molar-refractivity contribution in [3.63, 3.8) is 0 Å². The van der Waals surface area contributed by atoms with Gasteiger partial charge in [0.1, 0.15) is 0 Å². The number of nitrogens with zero attached hydrogens (tertiary/aromatic N) is 1. The first-order chi connectivity index (χ1) is 7.51. The van der Waals surface area contributed by atoms with Crippen LogP contribution in [0.4, 0.5) is 31.8 Å². The molecule has 0 aliphatic rings. The SMILES string of the molecule is O=[N+]([O-])c1cc([B-](F)(F)F)cc(C(F)(F)F)c1.[K+]. The Hall–Kier alpha value is -0.0987. The molecule has 0 atom stereocenters. The van der Waals surface area contributed by atoms with Gasteiger partial charge in [-0.05, 0) is 6.07 Å². The van der Waals surface area contributed by atoms with Crippen LogP contribution in [-0.2, 0) is 6.18 Å². The summed E-state index contributed by atoms with van der Waals surface area (Å²) in [6, 6.07) is -0.00639. The van der Waals surface area contributed by atoms with Crippen molar-refractivity contribution < 1.29 is 82.4 Å². The van der Waals surface area contributed by atoms with Crippen LogP contribution in [-0.4, -0.2) is 11.9 Å². The first-order valence-electron chi connectivity index (χ1n) is 4.08.